The molecule has 0 aromatic heterocycles. The smallest absolute Gasteiger partial charge is 0.109 e. The molecule has 0 saturated heterocycles. The van der Waals surface area contributed by atoms with Gasteiger partial charge in [0.2, 0.25) is 0 Å². The molecule has 2 unspecified atom stereocenters. The molecule has 2 atom stereocenters. The third-order valence-corrected chi connectivity index (χ3v) is 5.84. The molecule has 16 heavy (non-hydrogen) atoms. The Morgan fingerprint density at radius 2 is 1.75 bits per heavy atom. The van der Waals surface area contributed by atoms with Gasteiger partial charge < -0.3 is 4.74 Å². The van der Waals surface area contributed by atoms with Gasteiger partial charge in [-0.15, -0.1) is 0 Å². The Hall–Kier alpha value is -0.460. The van der Waals surface area contributed by atoms with E-state index < -0.39 is 0 Å². The fourth-order valence-corrected chi connectivity index (χ4v) is 4.14. The van der Waals surface area contributed by atoms with Crippen molar-refractivity contribution in [2.45, 2.75) is 65.4 Å². The molecule has 3 aliphatic carbocycles. The van der Waals surface area contributed by atoms with Gasteiger partial charge in [-0.1, -0.05) is 13.8 Å². The Kier molecular flexibility index (Phi) is 2.04. The van der Waals surface area contributed by atoms with Gasteiger partial charge in [-0.25, -0.2) is 0 Å². The molecule has 4 aliphatic rings. The first-order valence-electron chi connectivity index (χ1n) is 6.78. The molecule has 0 radical (unpaired) electrons. The highest BCUT2D eigenvalue weighted by atomic mass is 16.5. The summed E-state index contributed by atoms with van der Waals surface area (Å²) in [4.78, 5) is 0. The maximum absolute atomic E-state index is 6.30. The van der Waals surface area contributed by atoms with Crippen LogP contribution in [-0.4, -0.2) is 5.60 Å². The van der Waals surface area contributed by atoms with Crippen LogP contribution in [0.15, 0.2) is 11.3 Å². The Labute approximate surface area is 99.3 Å². The summed E-state index contributed by atoms with van der Waals surface area (Å²) in [5.41, 5.74) is 2.29. The van der Waals surface area contributed by atoms with Crippen molar-refractivity contribution >= 4 is 0 Å². The van der Waals surface area contributed by atoms with Crippen molar-refractivity contribution in [3.8, 4) is 0 Å². The van der Waals surface area contributed by atoms with Gasteiger partial charge in [0.05, 0.1) is 5.76 Å². The van der Waals surface area contributed by atoms with Crippen LogP contribution < -0.4 is 0 Å². The van der Waals surface area contributed by atoms with E-state index in [1.54, 1.807) is 0 Å². The monoisotopic (exact) mass is 220 g/mol. The van der Waals surface area contributed by atoms with Gasteiger partial charge in [0, 0.05) is 0 Å². The molecule has 1 aliphatic heterocycles. The molecular formula is C15H24O. The van der Waals surface area contributed by atoms with E-state index in [2.05, 4.69) is 27.7 Å². The molecule has 3 fully saturated rings. The predicted molar refractivity (Wildman–Crippen MR) is 66.0 cm³/mol. The maximum atomic E-state index is 6.30. The van der Waals surface area contributed by atoms with Crippen molar-refractivity contribution in [1.29, 1.82) is 0 Å². The van der Waals surface area contributed by atoms with E-state index in [4.69, 9.17) is 4.74 Å². The maximum Gasteiger partial charge on any atom is 0.109 e. The predicted octanol–water partition coefficient (Wildman–Crippen LogP) is 4.29. The lowest BCUT2D eigenvalue weighted by Crippen LogP contribution is -2.58. The first-order chi connectivity index (χ1) is 7.43. The highest BCUT2D eigenvalue weighted by Crippen LogP contribution is 2.64. The van der Waals surface area contributed by atoms with E-state index >= 15 is 0 Å². The highest BCUT2D eigenvalue weighted by Gasteiger charge is 2.59. The average Bonchev–Trinajstić information content (AvgIpc) is 2.24. The van der Waals surface area contributed by atoms with Crippen LogP contribution in [0.3, 0.4) is 0 Å². The van der Waals surface area contributed by atoms with Crippen molar-refractivity contribution < 1.29 is 4.74 Å². The van der Waals surface area contributed by atoms with Gasteiger partial charge in [0.1, 0.15) is 5.60 Å². The van der Waals surface area contributed by atoms with Crippen molar-refractivity contribution in [2.24, 2.45) is 17.3 Å². The van der Waals surface area contributed by atoms with E-state index in [-0.39, 0.29) is 5.60 Å². The van der Waals surface area contributed by atoms with Gasteiger partial charge in [-0.2, -0.15) is 0 Å². The molecule has 1 heteroatoms. The van der Waals surface area contributed by atoms with Gasteiger partial charge in [0.15, 0.2) is 0 Å². The van der Waals surface area contributed by atoms with Gasteiger partial charge in [0.25, 0.3) is 0 Å². The minimum absolute atomic E-state index is 0.229. The summed E-state index contributed by atoms with van der Waals surface area (Å²) in [6.45, 7) is 9.28. The highest BCUT2D eigenvalue weighted by molar-refractivity contribution is 5.15. The summed E-state index contributed by atoms with van der Waals surface area (Å²) >= 11 is 0. The molecule has 0 aromatic carbocycles. The fourth-order valence-electron chi connectivity index (χ4n) is 4.14. The van der Waals surface area contributed by atoms with Crippen LogP contribution >= 0.6 is 0 Å². The average molecular weight is 220 g/mol. The quantitative estimate of drug-likeness (QED) is 0.592. The van der Waals surface area contributed by atoms with Crippen molar-refractivity contribution in [3.05, 3.63) is 11.3 Å². The zero-order valence-corrected chi connectivity index (χ0v) is 11.1. The molecule has 1 spiro atoms. The Balaban J connectivity index is 1.80. The van der Waals surface area contributed by atoms with Crippen molar-refractivity contribution in [1.82, 2.24) is 0 Å². The zero-order valence-electron chi connectivity index (χ0n) is 11.1. The third-order valence-electron chi connectivity index (χ3n) is 5.84. The van der Waals surface area contributed by atoms with Crippen LogP contribution in [0.1, 0.15) is 59.8 Å². The van der Waals surface area contributed by atoms with Gasteiger partial charge >= 0.3 is 0 Å². The second kappa shape index (κ2) is 3.05. The first kappa shape index (κ1) is 10.7. The summed E-state index contributed by atoms with van der Waals surface area (Å²) in [6.07, 6.45) is 6.59. The lowest BCUT2D eigenvalue weighted by Gasteiger charge is -2.63. The van der Waals surface area contributed by atoms with Crippen LogP contribution in [0.5, 0.6) is 0 Å². The lowest BCUT2D eigenvalue weighted by molar-refractivity contribution is -0.181. The summed E-state index contributed by atoms with van der Waals surface area (Å²) < 4.78 is 6.30. The minimum Gasteiger partial charge on any atom is -0.492 e. The second-order valence-corrected chi connectivity index (χ2v) is 6.98. The van der Waals surface area contributed by atoms with Crippen molar-refractivity contribution in [2.75, 3.05) is 0 Å². The molecule has 4 rings (SSSR count). The van der Waals surface area contributed by atoms with E-state index in [0.717, 1.165) is 11.8 Å². The van der Waals surface area contributed by atoms with Crippen molar-refractivity contribution in [3.63, 3.8) is 0 Å². The Bertz CT molecular complexity index is 336. The topological polar surface area (TPSA) is 9.23 Å². The minimum atomic E-state index is 0.229. The molecular weight excluding hydrogens is 196 g/mol. The number of hydrogen-bond donors (Lipinski definition) is 0. The van der Waals surface area contributed by atoms with Crippen LogP contribution in [0.25, 0.3) is 0 Å². The molecule has 1 nitrogen and oxygen atoms in total. The molecule has 0 aromatic rings. The molecule has 90 valence electrons. The Morgan fingerprint density at radius 1 is 1.12 bits per heavy atom. The fraction of sp³-hybridized carbons (Fsp3) is 0.867. The molecule has 1 heterocycles. The molecule has 2 bridgehead atoms. The summed E-state index contributed by atoms with van der Waals surface area (Å²) in [7, 11) is 0. The van der Waals surface area contributed by atoms with E-state index in [1.807, 2.05) is 0 Å². The Morgan fingerprint density at radius 3 is 2.25 bits per heavy atom. The second-order valence-electron chi connectivity index (χ2n) is 6.98. The van der Waals surface area contributed by atoms with Crippen LogP contribution in [0, 0.1) is 17.3 Å². The third kappa shape index (κ3) is 1.30. The molecule has 0 amide bonds. The number of hydrogen-bond acceptors (Lipinski definition) is 1. The molecule has 0 N–H and O–H groups in total. The van der Waals surface area contributed by atoms with Crippen LogP contribution in [-0.2, 0) is 4.74 Å². The number of allylic oxidation sites excluding steroid dienone is 2. The standard InChI is InChI=1S/C15H24O/c1-10-5-6-15(16-11(10)2)8-12-7-13(9-15)14(12,3)4/h12-13H,5-9H2,1-4H3. The number of rotatable bonds is 0. The normalized spacial score (nSPS) is 45.2. The summed E-state index contributed by atoms with van der Waals surface area (Å²) in [5.74, 6) is 3.04. The van der Waals surface area contributed by atoms with E-state index in [0.29, 0.717) is 5.41 Å². The van der Waals surface area contributed by atoms with E-state index in [1.165, 1.54) is 43.4 Å². The summed E-state index contributed by atoms with van der Waals surface area (Å²) in [5, 5.41) is 0. The summed E-state index contributed by atoms with van der Waals surface area (Å²) in [6, 6.07) is 0. The van der Waals surface area contributed by atoms with Crippen LogP contribution in [0.4, 0.5) is 0 Å². The van der Waals surface area contributed by atoms with Crippen LogP contribution in [0.2, 0.25) is 0 Å². The SMILES string of the molecule is CC1=C(C)OC2(CC1)CC1CC(C2)C1(C)C. The lowest BCUT2D eigenvalue weighted by atomic mass is 9.45. The van der Waals surface area contributed by atoms with Gasteiger partial charge in [-0.3, -0.25) is 0 Å². The zero-order chi connectivity index (χ0) is 11.6. The first-order valence-corrected chi connectivity index (χ1v) is 6.78. The number of ether oxygens (including phenoxy) is 1. The largest absolute Gasteiger partial charge is 0.492 e. The van der Waals surface area contributed by atoms with Gasteiger partial charge in [-0.05, 0) is 68.8 Å². The molecule has 3 saturated carbocycles. The van der Waals surface area contributed by atoms with E-state index in [9.17, 15) is 0 Å².